The molecule has 1 aliphatic rings. The summed E-state index contributed by atoms with van der Waals surface area (Å²) >= 11 is 0. The zero-order chi connectivity index (χ0) is 11.4. The van der Waals surface area contributed by atoms with Crippen LogP contribution in [-0.2, 0) is 4.79 Å². The molecule has 0 bridgehead atoms. The average Bonchev–Trinajstić information content (AvgIpc) is 2.48. The number of rotatable bonds is 5. The second-order valence-corrected chi connectivity index (χ2v) is 3.55. The van der Waals surface area contributed by atoms with Gasteiger partial charge in [-0.25, -0.2) is 9.69 Å². The molecule has 0 aliphatic carbocycles. The van der Waals surface area contributed by atoms with E-state index < -0.39 is 12.2 Å². The van der Waals surface area contributed by atoms with Crippen LogP contribution in [0.4, 0.5) is 0 Å². The minimum Gasteiger partial charge on any atom is -0.870 e. The standard InChI is InChI=1S/C10H16N2O3.H2O/c1-3-4-9-11(7-10(14)15)5-6-12(9)8(2)13;/h3,8,13H,1,4-7H2,2H3;1H2. The van der Waals surface area contributed by atoms with Crippen molar-refractivity contribution in [2.75, 3.05) is 19.6 Å². The van der Waals surface area contributed by atoms with E-state index in [4.69, 9.17) is 5.11 Å². The molecule has 16 heavy (non-hydrogen) atoms. The van der Waals surface area contributed by atoms with Gasteiger partial charge < -0.3 is 15.7 Å². The first kappa shape index (κ1) is 14.6. The van der Waals surface area contributed by atoms with Crippen molar-refractivity contribution in [3.05, 3.63) is 12.7 Å². The van der Waals surface area contributed by atoms with Gasteiger partial charge in [0.15, 0.2) is 12.8 Å². The minimum absolute atomic E-state index is 0. The number of carbonyl (C=O) groups is 1. The third-order valence-corrected chi connectivity index (χ3v) is 2.41. The summed E-state index contributed by atoms with van der Waals surface area (Å²) in [5.41, 5.74) is 0. The zero-order valence-electron chi connectivity index (χ0n) is 9.33. The van der Waals surface area contributed by atoms with Crippen molar-refractivity contribution in [1.29, 1.82) is 0 Å². The van der Waals surface area contributed by atoms with E-state index in [1.54, 1.807) is 22.5 Å². The molecule has 0 amide bonds. The van der Waals surface area contributed by atoms with E-state index in [-0.39, 0.29) is 12.0 Å². The molecule has 1 aliphatic heterocycles. The van der Waals surface area contributed by atoms with E-state index in [1.807, 2.05) is 0 Å². The molecule has 0 radical (unpaired) electrons. The first-order chi connectivity index (χ1) is 7.06. The topological polar surface area (TPSA) is 93.8 Å². The predicted molar refractivity (Wildman–Crippen MR) is 57.8 cm³/mol. The van der Waals surface area contributed by atoms with Gasteiger partial charge in [-0.15, -0.1) is 6.58 Å². The van der Waals surface area contributed by atoms with Gasteiger partial charge in [-0.05, 0) is 0 Å². The lowest BCUT2D eigenvalue weighted by Gasteiger charge is -2.15. The van der Waals surface area contributed by atoms with Gasteiger partial charge >= 0.3 is 5.97 Å². The number of hydrogen-bond acceptors (Lipinski definition) is 4. The summed E-state index contributed by atoms with van der Waals surface area (Å²) in [5, 5.41) is 18.2. The van der Waals surface area contributed by atoms with Gasteiger partial charge in [0.05, 0.1) is 6.42 Å². The van der Waals surface area contributed by atoms with E-state index in [0.29, 0.717) is 19.5 Å². The molecule has 1 unspecified atom stereocenters. The fourth-order valence-corrected chi connectivity index (χ4v) is 1.78. The van der Waals surface area contributed by atoms with E-state index in [9.17, 15) is 9.90 Å². The van der Waals surface area contributed by atoms with Crippen LogP contribution in [0.15, 0.2) is 12.7 Å². The molecule has 6 nitrogen and oxygen atoms in total. The van der Waals surface area contributed by atoms with Gasteiger partial charge in [-0.2, -0.15) is 0 Å². The van der Waals surface area contributed by atoms with E-state index >= 15 is 0 Å². The van der Waals surface area contributed by atoms with Crippen LogP contribution in [-0.4, -0.2) is 62.8 Å². The van der Waals surface area contributed by atoms with Crippen molar-refractivity contribution in [2.24, 2.45) is 0 Å². The fourth-order valence-electron chi connectivity index (χ4n) is 1.78. The largest absolute Gasteiger partial charge is 0.870 e. The van der Waals surface area contributed by atoms with E-state index in [1.165, 1.54) is 0 Å². The summed E-state index contributed by atoms with van der Waals surface area (Å²) in [6.45, 7) is 6.58. The fraction of sp³-hybridized carbons (Fsp3) is 0.600. The van der Waals surface area contributed by atoms with Crippen molar-refractivity contribution in [3.8, 4) is 0 Å². The Balaban J connectivity index is 0.00000225. The molecule has 0 fully saturated rings. The minimum atomic E-state index is -0.857. The Hall–Kier alpha value is -1.40. The number of aliphatic carboxylic acids is 1. The highest BCUT2D eigenvalue weighted by Crippen LogP contribution is 2.08. The van der Waals surface area contributed by atoms with Crippen LogP contribution in [0.1, 0.15) is 13.3 Å². The Kier molecular flexibility index (Phi) is 5.69. The quantitative estimate of drug-likeness (QED) is 0.492. The molecule has 0 spiro atoms. The molecular weight excluding hydrogens is 212 g/mol. The molecule has 0 aromatic carbocycles. The number of hydrogen-bond donors (Lipinski definition) is 2. The highest BCUT2D eigenvalue weighted by molar-refractivity contribution is 5.81. The predicted octanol–water partition coefficient (Wildman–Crippen LogP) is -0.465. The van der Waals surface area contributed by atoms with Crippen LogP contribution >= 0.6 is 0 Å². The molecule has 92 valence electrons. The van der Waals surface area contributed by atoms with Crippen LogP contribution < -0.4 is 0 Å². The summed E-state index contributed by atoms with van der Waals surface area (Å²) < 4.78 is 1.76. The number of aliphatic hydroxyl groups is 1. The first-order valence-corrected chi connectivity index (χ1v) is 4.94. The van der Waals surface area contributed by atoms with E-state index in [0.717, 1.165) is 5.84 Å². The molecule has 0 saturated carbocycles. The molecular formula is C10H18N2O4. The van der Waals surface area contributed by atoms with Crippen LogP contribution in [0.2, 0.25) is 0 Å². The Labute approximate surface area is 94.4 Å². The van der Waals surface area contributed by atoms with Gasteiger partial charge in [0.25, 0.3) is 5.84 Å². The molecule has 6 heteroatoms. The van der Waals surface area contributed by atoms with Gasteiger partial charge in [-0.1, -0.05) is 6.08 Å². The second-order valence-electron chi connectivity index (χ2n) is 3.55. The molecule has 1 rings (SSSR count). The van der Waals surface area contributed by atoms with Gasteiger partial charge in [0.2, 0.25) is 0 Å². The highest BCUT2D eigenvalue weighted by atomic mass is 16.4. The maximum absolute atomic E-state index is 10.6. The number of aliphatic hydroxyl groups excluding tert-OH is 1. The summed E-state index contributed by atoms with van der Waals surface area (Å²) in [7, 11) is 0. The molecule has 1 heterocycles. The molecule has 1 atom stereocenters. The first-order valence-electron chi connectivity index (χ1n) is 4.94. The molecule has 0 aromatic rings. The van der Waals surface area contributed by atoms with Gasteiger partial charge in [-0.3, -0.25) is 4.58 Å². The third kappa shape index (κ3) is 3.32. The number of amidine groups is 1. The van der Waals surface area contributed by atoms with E-state index in [2.05, 4.69) is 6.58 Å². The lowest BCUT2D eigenvalue weighted by molar-refractivity contribution is -0.509. The monoisotopic (exact) mass is 230 g/mol. The van der Waals surface area contributed by atoms with Crippen LogP contribution in [0.5, 0.6) is 0 Å². The van der Waals surface area contributed by atoms with Crippen molar-refractivity contribution in [3.63, 3.8) is 0 Å². The lowest BCUT2D eigenvalue weighted by Crippen LogP contribution is -2.37. The van der Waals surface area contributed by atoms with Gasteiger partial charge in [0, 0.05) is 6.92 Å². The van der Waals surface area contributed by atoms with Crippen LogP contribution in [0, 0.1) is 0 Å². The Morgan fingerprint density at radius 2 is 2.38 bits per heavy atom. The Morgan fingerprint density at radius 1 is 1.75 bits per heavy atom. The average molecular weight is 230 g/mol. The summed E-state index contributed by atoms with van der Waals surface area (Å²) in [6.07, 6.45) is 1.71. The normalized spacial score (nSPS) is 17.0. The summed E-state index contributed by atoms with van der Waals surface area (Å²) in [6, 6.07) is 0. The Morgan fingerprint density at radius 3 is 2.81 bits per heavy atom. The maximum Gasteiger partial charge on any atom is 0.345 e. The SMILES string of the molecule is C=CCC1=[N+](CC(=O)O)CCN1C(C)O.[OH-]. The summed E-state index contributed by atoms with van der Waals surface area (Å²) in [4.78, 5) is 12.4. The third-order valence-electron chi connectivity index (χ3n) is 2.41. The molecule has 3 N–H and O–H groups in total. The van der Waals surface area contributed by atoms with Crippen LogP contribution in [0.3, 0.4) is 0 Å². The number of carboxylic acids is 1. The smallest absolute Gasteiger partial charge is 0.345 e. The molecule has 0 saturated heterocycles. The van der Waals surface area contributed by atoms with Crippen molar-refractivity contribution < 1.29 is 25.1 Å². The molecule has 0 aromatic heterocycles. The second kappa shape index (κ2) is 6.24. The zero-order valence-corrected chi connectivity index (χ0v) is 9.33. The summed E-state index contributed by atoms with van der Waals surface area (Å²) in [5.74, 6) is -0.0218. The van der Waals surface area contributed by atoms with Gasteiger partial charge in [0.1, 0.15) is 13.1 Å². The number of carboxylic acid groups (broad SMARTS) is 1. The van der Waals surface area contributed by atoms with Crippen molar-refractivity contribution in [1.82, 2.24) is 4.90 Å². The van der Waals surface area contributed by atoms with Crippen LogP contribution in [0.25, 0.3) is 0 Å². The highest BCUT2D eigenvalue weighted by Gasteiger charge is 2.33. The van der Waals surface area contributed by atoms with Crippen molar-refractivity contribution >= 4 is 11.8 Å². The Bertz CT molecular complexity index is 299. The lowest BCUT2D eigenvalue weighted by atomic mass is 10.3. The van der Waals surface area contributed by atoms with Crippen molar-refractivity contribution in [2.45, 2.75) is 19.6 Å². The number of nitrogens with zero attached hydrogens (tertiary/aromatic N) is 2. The maximum atomic E-state index is 10.6.